The second-order valence-corrected chi connectivity index (χ2v) is 5.07. The number of nitrogens with zero attached hydrogens (tertiary/aromatic N) is 2. The molecule has 0 aliphatic rings. The minimum Gasteiger partial charge on any atom is -0.370 e. The monoisotopic (exact) mass is 269 g/mol. The SMILES string of the molecule is CCCc1ccc(-c2nc(C)nc(NCC)c2C)cc1. The van der Waals surface area contributed by atoms with Crippen LogP contribution in [0.4, 0.5) is 5.82 Å². The van der Waals surface area contributed by atoms with Crippen LogP contribution < -0.4 is 5.32 Å². The molecule has 0 fully saturated rings. The van der Waals surface area contributed by atoms with Crippen molar-refractivity contribution in [2.75, 3.05) is 11.9 Å². The molecule has 1 heterocycles. The van der Waals surface area contributed by atoms with Gasteiger partial charge in [0.1, 0.15) is 11.6 Å². The molecular formula is C17H23N3. The van der Waals surface area contributed by atoms with Crippen LogP contribution >= 0.6 is 0 Å². The second kappa shape index (κ2) is 6.51. The van der Waals surface area contributed by atoms with Crippen molar-refractivity contribution in [3.63, 3.8) is 0 Å². The summed E-state index contributed by atoms with van der Waals surface area (Å²) in [6.45, 7) is 9.17. The summed E-state index contributed by atoms with van der Waals surface area (Å²) in [6, 6.07) is 8.72. The van der Waals surface area contributed by atoms with Crippen molar-refractivity contribution < 1.29 is 0 Å². The average molecular weight is 269 g/mol. The number of hydrogen-bond acceptors (Lipinski definition) is 3. The van der Waals surface area contributed by atoms with E-state index in [-0.39, 0.29) is 0 Å². The Labute approximate surface area is 121 Å². The van der Waals surface area contributed by atoms with Crippen molar-refractivity contribution in [2.24, 2.45) is 0 Å². The van der Waals surface area contributed by atoms with Crippen molar-refractivity contribution in [1.82, 2.24) is 9.97 Å². The minimum absolute atomic E-state index is 0.805. The number of rotatable bonds is 5. The first kappa shape index (κ1) is 14.5. The van der Waals surface area contributed by atoms with Gasteiger partial charge in [-0.1, -0.05) is 37.6 Å². The van der Waals surface area contributed by atoms with Crippen LogP contribution in [0.5, 0.6) is 0 Å². The van der Waals surface area contributed by atoms with Crippen molar-refractivity contribution in [3.05, 3.63) is 41.2 Å². The third-order valence-electron chi connectivity index (χ3n) is 3.37. The highest BCUT2D eigenvalue weighted by Gasteiger charge is 2.10. The Morgan fingerprint density at radius 3 is 2.30 bits per heavy atom. The molecule has 2 rings (SSSR count). The van der Waals surface area contributed by atoms with Gasteiger partial charge in [-0.15, -0.1) is 0 Å². The molecule has 0 radical (unpaired) electrons. The van der Waals surface area contributed by atoms with Crippen LogP contribution in [-0.2, 0) is 6.42 Å². The molecule has 0 spiro atoms. The molecule has 0 aliphatic carbocycles. The van der Waals surface area contributed by atoms with Crippen LogP contribution in [0.2, 0.25) is 0 Å². The molecule has 0 saturated heterocycles. The minimum atomic E-state index is 0.805. The number of hydrogen-bond donors (Lipinski definition) is 1. The molecule has 1 aromatic heterocycles. The summed E-state index contributed by atoms with van der Waals surface area (Å²) in [7, 11) is 0. The highest BCUT2D eigenvalue weighted by molar-refractivity contribution is 5.68. The Hall–Kier alpha value is -1.90. The average Bonchev–Trinajstić information content (AvgIpc) is 2.44. The van der Waals surface area contributed by atoms with E-state index in [9.17, 15) is 0 Å². The lowest BCUT2D eigenvalue weighted by Crippen LogP contribution is -2.06. The van der Waals surface area contributed by atoms with Crippen LogP contribution in [0, 0.1) is 13.8 Å². The quantitative estimate of drug-likeness (QED) is 0.886. The number of anilines is 1. The Balaban J connectivity index is 2.41. The van der Waals surface area contributed by atoms with Gasteiger partial charge in [0.2, 0.25) is 0 Å². The first-order valence-corrected chi connectivity index (χ1v) is 7.34. The number of aryl methyl sites for hydroxylation is 2. The molecule has 0 atom stereocenters. The fraction of sp³-hybridized carbons (Fsp3) is 0.412. The van der Waals surface area contributed by atoms with Gasteiger partial charge in [-0.05, 0) is 32.8 Å². The lowest BCUT2D eigenvalue weighted by atomic mass is 10.0. The number of aromatic nitrogens is 2. The van der Waals surface area contributed by atoms with Crippen LogP contribution in [-0.4, -0.2) is 16.5 Å². The summed E-state index contributed by atoms with van der Waals surface area (Å²) in [5, 5.41) is 3.31. The van der Waals surface area contributed by atoms with E-state index in [0.29, 0.717) is 0 Å². The zero-order chi connectivity index (χ0) is 14.5. The Kier molecular flexibility index (Phi) is 4.72. The van der Waals surface area contributed by atoms with Gasteiger partial charge in [-0.3, -0.25) is 0 Å². The Morgan fingerprint density at radius 1 is 1.00 bits per heavy atom. The predicted molar refractivity (Wildman–Crippen MR) is 85.1 cm³/mol. The largest absolute Gasteiger partial charge is 0.370 e. The molecule has 1 N–H and O–H groups in total. The summed E-state index contributed by atoms with van der Waals surface area (Å²) in [6.07, 6.45) is 2.31. The van der Waals surface area contributed by atoms with Gasteiger partial charge in [0.15, 0.2) is 0 Å². The van der Waals surface area contributed by atoms with Crippen molar-refractivity contribution in [3.8, 4) is 11.3 Å². The number of benzene rings is 1. The maximum absolute atomic E-state index is 4.61. The van der Waals surface area contributed by atoms with E-state index >= 15 is 0 Å². The fourth-order valence-corrected chi connectivity index (χ4v) is 2.37. The first-order chi connectivity index (χ1) is 9.65. The molecule has 3 heteroatoms. The summed E-state index contributed by atoms with van der Waals surface area (Å²) in [5.74, 6) is 1.74. The summed E-state index contributed by atoms with van der Waals surface area (Å²) >= 11 is 0. The van der Waals surface area contributed by atoms with E-state index in [4.69, 9.17) is 0 Å². The zero-order valence-corrected chi connectivity index (χ0v) is 12.8. The van der Waals surface area contributed by atoms with E-state index in [1.165, 1.54) is 12.0 Å². The molecule has 1 aromatic carbocycles. The summed E-state index contributed by atoms with van der Waals surface area (Å²) in [4.78, 5) is 9.08. The smallest absolute Gasteiger partial charge is 0.133 e. The maximum atomic E-state index is 4.61. The van der Waals surface area contributed by atoms with Gasteiger partial charge in [-0.2, -0.15) is 0 Å². The predicted octanol–water partition coefficient (Wildman–Crippen LogP) is 4.14. The van der Waals surface area contributed by atoms with Crippen molar-refractivity contribution >= 4 is 5.82 Å². The molecule has 0 saturated carbocycles. The standard InChI is InChI=1S/C17H23N3/c1-5-7-14-8-10-15(11-9-14)16-12(3)17(18-6-2)20-13(4)19-16/h8-11H,5-7H2,1-4H3,(H,18,19,20). The Bertz CT molecular complexity index is 574. The van der Waals surface area contributed by atoms with Gasteiger partial charge in [-0.25, -0.2) is 9.97 Å². The van der Waals surface area contributed by atoms with E-state index in [1.807, 2.05) is 6.92 Å². The van der Waals surface area contributed by atoms with E-state index < -0.39 is 0 Å². The van der Waals surface area contributed by atoms with Crippen LogP contribution in [0.1, 0.15) is 37.2 Å². The van der Waals surface area contributed by atoms with Gasteiger partial charge >= 0.3 is 0 Å². The summed E-state index contributed by atoms with van der Waals surface area (Å²) < 4.78 is 0. The van der Waals surface area contributed by atoms with Gasteiger partial charge < -0.3 is 5.32 Å². The van der Waals surface area contributed by atoms with Gasteiger partial charge in [0, 0.05) is 17.7 Å². The third kappa shape index (κ3) is 3.16. The number of nitrogens with one attached hydrogen (secondary N) is 1. The van der Waals surface area contributed by atoms with Crippen molar-refractivity contribution in [2.45, 2.75) is 40.5 Å². The molecule has 0 amide bonds. The van der Waals surface area contributed by atoms with Crippen LogP contribution in [0.3, 0.4) is 0 Å². The first-order valence-electron chi connectivity index (χ1n) is 7.34. The van der Waals surface area contributed by atoms with E-state index in [2.05, 4.69) is 60.3 Å². The third-order valence-corrected chi connectivity index (χ3v) is 3.37. The van der Waals surface area contributed by atoms with Crippen molar-refractivity contribution in [1.29, 1.82) is 0 Å². The Morgan fingerprint density at radius 2 is 1.70 bits per heavy atom. The zero-order valence-electron chi connectivity index (χ0n) is 12.8. The lowest BCUT2D eigenvalue weighted by molar-refractivity contribution is 0.922. The van der Waals surface area contributed by atoms with E-state index in [1.54, 1.807) is 0 Å². The molecule has 0 unspecified atom stereocenters. The molecular weight excluding hydrogens is 246 g/mol. The van der Waals surface area contributed by atoms with Crippen LogP contribution in [0.15, 0.2) is 24.3 Å². The second-order valence-electron chi connectivity index (χ2n) is 5.07. The topological polar surface area (TPSA) is 37.8 Å². The normalized spacial score (nSPS) is 10.6. The van der Waals surface area contributed by atoms with Gasteiger partial charge in [0.05, 0.1) is 5.69 Å². The molecule has 2 aromatic rings. The lowest BCUT2D eigenvalue weighted by Gasteiger charge is -2.12. The fourth-order valence-electron chi connectivity index (χ4n) is 2.37. The highest BCUT2D eigenvalue weighted by Crippen LogP contribution is 2.26. The molecule has 0 aliphatic heterocycles. The molecule has 106 valence electrons. The summed E-state index contributed by atoms with van der Waals surface area (Å²) in [5.41, 5.74) is 4.68. The highest BCUT2D eigenvalue weighted by atomic mass is 15.0. The maximum Gasteiger partial charge on any atom is 0.133 e. The molecule has 3 nitrogen and oxygen atoms in total. The molecule has 20 heavy (non-hydrogen) atoms. The van der Waals surface area contributed by atoms with Crippen LogP contribution in [0.25, 0.3) is 11.3 Å². The molecule has 0 bridgehead atoms. The van der Waals surface area contributed by atoms with Gasteiger partial charge in [0.25, 0.3) is 0 Å². The van der Waals surface area contributed by atoms with E-state index in [0.717, 1.165) is 41.4 Å².